The van der Waals surface area contributed by atoms with E-state index in [1.807, 2.05) is 12.1 Å². The first-order valence-electron chi connectivity index (χ1n) is 5.64. The van der Waals surface area contributed by atoms with E-state index in [4.69, 9.17) is 0 Å². The predicted molar refractivity (Wildman–Crippen MR) is 77.5 cm³/mol. The number of hydrogen-bond donors (Lipinski definition) is 0. The molecule has 2 aromatic rings. The fourth-order valence-electron chi connectivity index (χ4n) is 1.77. The molecule has 0 amide bonds. The molecule has 0 fully saturated rings. The Balaban J connectivity index is 2.49. The van der Waals surface area contributed by atoms with Gasteiger partial charge >= 0.3 is 0 Å². The molecule has 1 aromatic heterocycles. The fourth-order valence-corrected chi connectivity index (χ4v) is 2.80. The van der Waals surface area contributed by atoms with Gasteiger partial charge in [0, 0.05) is 10.4 Å². The normalized spacial score (nSPS) is 13.1. The number of hydrogen-bond acceptors (Lipinski definition) is 4. The number of rotatable bonds is 4. The van der Waals surface area contributed by atoms with Gasteiger partial charge in [0.1, 0.15) is 0 Å². The highest BCUT2D eigenvalue weighted by Crippen LogP contribution is 2.33. The molecule has 0 saturated heterocycles. The average Bonchev–Trinajstić information content (AvgIpc) is 2.75. The van der Waals surface area contributed by atoms with Crippen LogP contribution in [-0.2, 0) is 6.42 Å². The molecule has 0 aliphatic heterocycles. The number of benzene rings is 1. The summed E-state index contributed by atoms with van der Waals surface area (Å²) in [5, 5.41) is 11.2. The summed E-state index contributed by atoms with van der Waals surface area (Å²) in [5.74, 6) is 0.427. The number of nitro groups is 1. The van der Waals surface area contributed by atoms with Gasteiger partial charge in [-0.2, -0.15) is 0 Å². The zero-order valence-corrected chi connectivity index (χ0v) is 12.5. The van der Waals surface area contributed by atoms with Crippen molar-refractivity contribution in [1.29, 1.82) is 0 Å². The zero-order valence-electron chi connectivity index (χ0n) is 10.1. The van der Waals surface area contributed by atoms with Gasteiger partial charge in [0.15, 0.2) is 5.52 Å². The molecule has 0 spiro atoms. The molecular weight excluding hydrogens is 316 g/mol. The number of nitrogens with zero attached hydrogens (tertiary/aromatic N) is 2. The van der Waals surface area contributed by atoms with Crippen LogP contribution >= 0.6 is 27.3 Å². The summed E-state index contributed by atoms with van der Waals surface area (Å²) in [7, 11) is 0. The van der Waals surface area contributed by atoms with E-state index in [-0.39, 0.29) is 15.4 Å². The topological polar surface area (TPSA) is 56.0 Å². The van der Waals surface area contributed by atoms with Crippen LogP contribution in [0.4, 0.5) is 5.69 Å². The van der Waals surface area contributed by atoms with Crippen LogP contribution in [0.5, 0.6) is 0 Å². The Labute approximate surface area is 117 Å². The summed E-state index contributed by atoms with van der Waals surface area (Å²) < 4.78 is 0.862. The Morgan fingerprint density at radius 3 is 2.83 bits per heavy atom. The van der Waals surface area contributed by atoms with Gasteiger partial charge in [-0.25, -0.2) is 4.98 Å². The van der Waals surface area contributed by atoms with Crippen LogP contribution in [0.15, 0.2) is 17.6 Å². The van der Waals surface area contributed by atoms with Gasteiger partial charge in [-0.1, -0.05) is 35.8 Å². The maximum absolute atomic E-state index is 11.2. The van der Waals surface area contributed by atoms with Crippen LogP contribution in [0.2, 0.25) is 0 Å². The Bertz CT molecular complexity index is 582. The molecule has 2 rings (SSSR count). The lowest BCUT2D eigenvalue weighted by Crippen LogP contribution is -2.11. The lowest BCUT2D eigenvalue weighted by molar-refractivity contribution is -0.383. The molecule has 18 heavy (non-hydrogen) atoms. The third-order valence-corrected chi connectivity index (χ3v) is 5.06. The average molecular weight is 329 g/mol. The highest BCUT2D eigenvalue weighted by Gasteiger charge is 2.23. The second kappa shape index (κ2) is 5.32. The van der Waals surface area contributed by atoms with E-state index in [1.54, 1.807) is 5.51 Å². The van der Waals surface area contributed by atoms with Crippen LogP contribution in [0.3, 0.4) is 0 Å². The number of fused-ring (bicyclic) bond motifs is 1. The van der Waals surface area contributed by atoms with Crippen molar-refractivity contribution in [2.45, 2.75) is 25.1 Å². The van der Waals surface area contributed by atoms with Crippen molar-refractivity contribution in [3.8, 4) is 0 Å². The summed E-state index contributed by atoms with van der Waals surface area (Å²) in [6.45, 7) is 4.18. The van der Waals surface area contributed by atoms with Crippen molar-refractivity contribution in [2.24, 2.45) is 5.92 Å². The molecule has 6 heteroatoms. The van der Waals surface area contributed by atoms with Gasteiger partial charge in [-0.15, -0.1) is 11.3 Å². The van der Waals surface area contributed by atoms with Crippen LogP contribution in [0, 0.1) is 16.0 Å². The third-order valence-electron chi connectivity index (χ3n) is 2.88. The zero-order chi connectivity index (χ0) is 13.3. The molecule has 4 nitrogen and oxygen atoms in total. The minimum absolute atomic E-state index is 0.152. The molecule has 0 aliphatic carbocycles. The molecule has 1 unspecified atom stereocenters. The second-order valence-electron chi connectivity index (χ2n) is 4.49. The largest absolute Gasteiger partial charge is 0.299 e. The van der Waals surface area contributed by atoms with Gasteiger partial charge in [0.05, 0.1) is 15.1 Å². The first kappa shape index (κ1) is 13.4. The smallest absolute Gasteiger partial charge is 0.258 e. The monoisotopic (exact) mass is 328 g/mol. The number of nitro benzene ring substituents is 1. The maximum atomic E-state index is 11.2. The van der Waals surface area contributed by atoms with Crippen molar-refractivity contribution >= 4 is 43.2 Å². The highest BCUT2D eigenvalue weighted by atomic mass is 79.9. The van der Waals surface area contributed by atoms with Crippen LogP contribution < -0.4 is 0 Å². The molecular formula is C12H13BrN2O2S. The molecule has 0 bridgehead atoms. The lowest BCUT2D eigenvalue weighted by atomic mass is 10.0. The maximum Gasteiger partial charge on any atom is 0.299 e. The fraction of sp³-hybridized carbons (Fsp3) is 0.417. The van der Waals surface area contributed by atoms with E-state index in [0.717, 1.165) is 10.3 Å². The molecule has 0 radical (unpaired) electrons. The minimum Gasteiger partial charge on any atom is -0.258 e. The van der Waals surface area contributed by atoms with Gasteiger partial charge in [0.2, 0.25) is 0 Å². The highest BCUT2D eigenvalue weighted by molar-refractivity contribution is 9.09. The first-order valence-corrected chi connectivity index (χ1v) is 7.43. The Kier molecular flexibility index (Phi) is 3.97. The van der Waals surface area contributed by atoms with Crippen molar-refractivity contribution in [3.63, 3.8) is 0 Å². The van der Waals surface area contributed by atoms with Crippen LogP contribution in [0.25, 0.3) is 10.2 Å². The summed E-state index contributed by atoms with van der Waals surface area (Å²) >= 11 is 5.00. The van der Waals surface area contributed by atoms with E-state index >= 15 is 0 Å². The summed E-state index contributed by atoms with van der Waals surface area (Å²) in [5.41, 5.74) is 3.05. The van der Waals surface area contributed by atoms with E-state index in [0.29, 0.717) is 17.9 Å². The van der Waals surface area contributed by atoms with Gasteiger partial charge in [-0.05, 0) is 18.4 Å². The molecule has 96 valence electrons. The quantitative estimate of drug-likeness (QED) is 0.481. The van der Waals surface area contributed by atoms with E-state index in [9.17, 15) is 10.1 Å². The van der Waals surface area contributed by atoms with Crippen molar-refractivity contribution in [2.75, 3.05) is 0 Å². The predicted octanol–water partition coefficient (Wildman–Crippen LogP) is 4.17. The van der Waals surface area contributed by atoms with Crippen molar-refractivity contribution in [3.05, 3.63) is 33.3 Å². The number of alkyl halides is 1. The molecule has 1 atom stereocenters. The molecule has 1 heterocycles. The number of halogens is 1. The summed E-state index contributed by atoms with van der Waals surface area (Å²) in [6, 6.07) is 3.75. The van der Waals surface area contributed by atoms with Gasteiger partial charge < -0.3 is 0 Å². The Morgan fingerprint density at radius 1 is 1.50 bits per heavy atom. The van der Waals surface area contributed by atoms with E-state index in [2.05, 4.69) is 34.8 Å². The second-order valence-corrected chi connectivity index (χ2v) is 6.56. The molecule has 1 aromatic carbocycles. The van der Waals surface area contributed by atoms with Crippen LogP contribution in [0.1, 0.15) is 19.4 Å². The van der Waals surface area contributed by atoms with Crippen LogP contribution in [-0.4, -0.2) is 14.7 Å². The van der Waals surface area contributed by atoms with Crippen molar-refractivity contribution in [1.82, 2.24) is 4.98 Å². The number of aromatic nitrogens is 1. The first-order chi connectivity index (χ1) is 8.50. The third kappa shape index (κ3) is 2.54. The van der Waals surface area contributed by atoms with E-state index in [1.165, 1.54) is 11.3 Å². The Hall–Kier alpha value is -1.01. The van der Waals surface area contributed by atoms with E-state index < -0.39 is 0 Å². The standard InChI is InChI=1S/C12H13BrN2O2S/c1-7(2)9(13)5-8-3-4-10-11(14-6-18-10)12(8)15(16)17/h3-4,6-7,9H,5H2,1-2H3. The van der Waals surface area contributed by atoms with Crippen molar-refractivity contribution < 1.29 is 4.92 Å². The number of thiazole rings is 1. The minimum atomic E-state index is -0.322. The molecule has 0 aliphatic rings. The molecule has 0 saturated carbocycles. The lowest BCUT2D eigenvalue weighted by Gasteiger charge is -2.13. The SMILES string of the molecule is CC(C)C(Br)Cc1ccc2scnc2c1[N+](=O)[O-]. The van der Waals surface area contributed by atoms with Gasteiger partial charge in [-0.3, -0.25) is 10.1 Å². The van der Waals surface area contributed by atoms with Gasteiger partial charge in [0.25, 0.3) is 5.69 Å². The summed E-state index contributed by atoms with van der Waals surface area (Å²) in [6.07, 6.45) is 0.640. The summed E-state index contributed by atoms with van der Waals surface area (Å²) in [4.78, 5) is 15.3. The Morgan fingerprint density at radius 2 is 2.22 bits per heavy atom. The molecule has 0 N–H and O–H groups in total.